The Bertz CT molecular complexity index is 2200. The average Bonchev–Trinajstić information content (AvgIpc) is 3.80. The first-order valence-corrected chi connectivity index (χ1v) is 17.5. The number of benzene rings is 4. The fraction of sp³-hybridized carbons (Fsp3) is 0. The molecule has 8 aromatic rings. The van der Waals surface area contributed by atoms with Gasteiger partial charge in [0.05, 0.1) is 37.1 Å². The second-order valence-electron chi connectivity index (χ2n) is 9.57. The van der Waals surface area contributed by atoms with Crippen LogP contribution in [0.1, 0.15) is 0 Å². The fourth-order valence-corrected chi connectivity index (χ4v) is 11.8. The van der Waals surface area contributed by atoms with E-state index in [1.165, 1.54) is 0 Å². The lowest BCUT2D eigenvalue weighted by Gasteiger charge is -2.24. The maximum absolute atomic E-state index is 6.72. The van der Waals surface area contributed by atoms with Gasteiger partial charge in [-0.1, -0.05) is 78.5 Å². The van der Waals surface area contributed by atoms with Crippen LogP contribution in [0.3, 0.4) is 0 Å². The first kappa shape index (κ1) is 24.7. The smallest absolute Gasteiger partial charge is 0.126 e. The Morgan fingerprint density at radius 1 is 0.732 bits per heavy atom. The van der Waals surface area contributed by atoms with E-state index in [2.05, 4.69) is 82.3 Å². The number of thiazole rings is 2. The summed E-state index contributed by atoms with van der Waals surface area (Å²) in [5, 5.41) is 4.39. The van der Waals surface area contributed by atoms with Gasteiger partial charge in [-0.15, -0.1) is 22.7 Å². The van der Waals surface area contributed by atoms with Crippen molar-refractivity contribution < 1.29 is 0 Å². The third-order valence-electron chi connectivity index (χ3n) is 7.27. The molecule has 8 rings (SSSR count). The molecular weight excluding hydrogens is 582 g/mol. The van der Waals surface area contributed by atoms with Crippen LogP contribution in [0.25, 0.3) is 47.7 Å². The predicted molar refractivity (Wildman–Crippen MR) is 177 cm³/mol. The van der Waals surface area contributed by atoms with Crippen molar-refractivity contribution in [2.45, 2.75) is 0 Å². The maximum atomic E-state index is 6.72. The van der Waals surface area contributed by atoms with Gasteiger partial charge in [-0.05, 0) is 40.9 Å². The maximum Gasteiger partial charge on any atom is 0.126 e. The van der Waals surface area contributed by atoms with Gasteiger partial charge >= 0.3 is 0 Å². The molecule has 5 nitrogen and oxygen atoms in total. The summed E-state index contributed by atoms with van der Waals surface area (Å²) in [6.45, 7) is 0. The molecule has 4 aromatic heterocycles. The highest BCUT2D eigenvalue weighted by molar-refractivity contribution is 8.25. The van der Waals surface area contributed by atoms with Gasteiger partial charge in [0, 0.05) is 29.3 Å². The zero-order valence-electron chi connectivity index (χ0n) is 21.5. The Hall–Kier alpha value is -4.07. The summed E-state index contributed by atoms with van der Waals surface area (Å²) in [7, 11) is 0. The van der Waals surface area contributed by atoms with Crippen LogP contribution in [0, 0.1) is 0 Å². The Morgan fingerprint density at radius 3 is 2.20 bits per heavy atom. The van der Waals surface area contributed by atoms with Crippen LogP contribution >= 0.6 is 28.7 Å². The van der Waals surface area contributed by atoms with E-state index in [0.29, 0.717) is 0 Å². The molecule has 0 aliphatic carbocycles. The van der Waals surface area contributed by atoms with Crippen molar-refractivity contribution in [1.82, 2.24) is 24.5 Å². The molecule has 0 saturated heterocycles. The minimum atomic E-state index is -2.38. The highest BCUT2D eigenvalue weighted by atomic mass is 32.4. The normalized spacial score (nSPS) is 12.0. The van der Waals surface area contributed by atoms with Crippen molar-refractivity contribution in [2.24, 2.45) is 0 Å². The highest BCUT2D eigenvalue weighted by Crippen LogP contribution is 2.48. The van der Waals surface area contributed by atoms with Gasteiger partial charge in [0.25, 0.3) is 0 Å². The molecule has 0 saturated carbocycles. The largest absolute Gasteiger partial charge is 0.299 e. The summed E-state index contributed by atoms with van der Waals surface area (Å²) in [5.74, 6) is 0. The highest BCUT2D eigenvalue weighted by Gasteiger charge is 2.29. The van der Waals surface area contributed by atoms with Gasteiger partial charge in [0.15, 0.2) is 0 Å². The van der Waals surface area contributed by atoms with Crippen LogP contribution in [0.5, 0.6) is 0 Å². The first-order valence-electron chi connectivity index (χ1n) is 13.0. The summed E-state index contributed by atoms with van der Waals surface area (Å²) in [6.07, 6.45) is 5.45. The minimum absolute atomic E-state index is 0.914. The third-order valence-corrected chi connectivity index (χ3v) is 14.3. The van der Waals surface area contributed by atoms with E-state index in [9.17, 15) is 0 Å². The quantitative estimate of drug-likeness (QED) is 0.198. The van der Waals surface area contributed by atoms with Gasteiger partial charge in [-0.3, -0.25) is 9.55 Å². The Morgan fingerprint density at radius 2 is 1.46 bits per heavy atom. The summed E-state index contributed by atoms with van der Waals surface area (Å²) in [6, 6.07) is 31.1. The molecule has 0 radical (unpaired) electrons. The van der Waals surface area contributed by atoms with Gasteiger partial charge in [0.2, 0.25) is 0 Å². The number of hydrogen-bond acceptors (Lipinski definition) is 7. The van der Waals surface area contributed by atoms with Gasteiger partial charge in [0.1, 0.15) is 16.9 Å². The molecular formula is C32H20N5PS3. The second kappa shape index (κ2) is 9.79. The van der Waals surface area contributed by atoms with Crippen LogP contribution in [-0.4, -0.2) is 24.5 Å². The topological polar surface area (TPSA) is 56.5 Å². The molecule has 0 spiro atoms. The van der Waals surface area contributed by atoms with E-state index in [1.54, 1.807) is 35.1 Å². The Labute approximate surface area is 248 Å². The van der Waals surface area contributed by atoms with E-state index >= 15 is 0 Å². The lowest BCUT2D eigenvalue weighted by Crippen LogP contribution is -2.25. The summed E-state index contributed by atoms with van der Waals surface area (Å²) in [5.41, 5.74) is 7.79. The molecule has 4 aromatic carbocycles. The fourth-order valence-electron chi connectivity index (χ4n) is 5.36. The van der Waals surface area contributed by atoms with E-state index in [0.717, 1.165) is 63.6 Å². The predicted octanol–water partition coefficient (Wildman–Crippen LogP) is 7.06. The van der Waals surface area contributed by atoms with Crippen molar-refractivity contribution in [3.63, 3.8) is 0 Å². The number of hydrogen-bond donors (Lipinski definition) is 0. The SMILES string of the molecule is S=P(c1ccccc1)(c1ccccc1)c1cc2nc(-c3cccc4c3ncn4-c3ccncc3)sc2c2ncsc12. The second-order valence-corrected chi connectivity index (χ2v) is 15.8. The molecule has 41 heavy (non-hydrogen) atoms. The zero-order chi connectivity index (χ0) is 27.4. The van der Waals surface area contributed by atoms with E-state index < -0.39 is 6.04 Å². The number of fused-ring (bicyclic) bond motifs is 4. The summed E-state index contributed by atoms with van der Waals surface area (Å²) in [4.78, 5) is 19.0. The van der Waals surface area contributed by atoms with Gasteiger partial charge in [-0.2, -0.15) is 0 Å². The standard InChI is InChI=1S/C32H20N5PS3/c39-38(22-8-3-1-4-9-22,23-10-5-2-6-11-23)27-18-25-30(29-31(27)40-20-35-29)41-32(36-25)24-12-7-13-26-28(24)34-19-37(26)21-14-16-33-17-15-21/h1-20H. The third kappa shape index (κ3) is 3.90. The van der Waals surface area contributed by atoms with Crippen molar-refractivity contribution in [3.8, 4) is 16.3 Å². The lowest BCUT2D eigenvalue weighted by atomic mass is 10.2. The minimum Gasteiger partial charge on any atom is -0.299 e. The molecule has 196 valence electrons. The molecule has 0 fully saturated rings. The van der Waals surface area contributed by atoms with E-state index in [-0.39, 0.29) is 0 Å². The number of aromatic nitrogens is 5. The molecule has 0 amide bonds. The zero-order valence-corrected chi connectivity index (χ0v) is 24.8. The van der Waals surface area contributed by atoms with Crippen molar-refractivity contribution in [2.75, 3.05) is 0 Å². The average molecular weight is 602 g/mol. The molecule has 0 bridgehead atoms. The molecule has 0 atom stereocenters. The van der Waals surface area contributed by atoms with Crippen LogP contribution in [-0.2, 0) is 11.8 Å². The first-order chi connectivity index (χ1) is 20.2. The van der Waals surface area contributed by atoms with Crippen molar-refractivity contribution in [1.29, 1.82) is 0 Å². The van der Waals surface area contributed by atoms with Crippen molar-refractivity contribution in [3.05, 3.63) is 121 Å². The summed E-state index contributed by atoms with van der Waals surface area (Å²) < 4.78 is 4.30. The monoisotopic (exact) mass is 601 g/mol. The van der Waals surface area contributed by atoms with Crippen LogP contribution < -0.4 is 15.9 Å². The van der Waals surface area contributed by atoms with Gasteiger partial charge in [-0.25, -0.2) is 15.0 Å². The summed E-state index contributed by atoms with van der Waals surface area (Å²) >= 11 is 10.0. The molecule has 0 N–H and O–H groups in total. The number of nitrogens with zero attached hydrogens (tertiary/aromatic N) is 5. The Balaban J connectivity index is 1.36. The lowest BCUT2D eigenvalue weighted by molar-refractivity contribution is 1.08. The van der Waals surface area contributed by atoms with Crippen LogP contribution in [0.15, 0.2) is 121 Å². The van der Waals surface area contributed by atoms with E-state index in [1.807, 2.05) is 36.1 Å². The molecule has 0 aliphatic heterocycles. The number of pyridine rings is 1. The number of para-hydroxylation sites is 1. The van der Waals surface area contributed by atoms with Gasteiger partial charge < -0.3 is 0 Å². The Kier molecular flexibility index (Phi) is 5.90. The van der Waals surface area contributed by atoms with E-state index in [4.69, 9.17) is 26.8 Å². The molecule has 9 heteroatoms. The molecule has 4 heterocycles. The molecule has 0 aliphatic rings. The van der Waals surface area contributed by atoms with Crippen LogP contribution in [0.2, 0.25) is 0 Å². The number of rotatable bonds is 5. The van der Waals surface area contributed by atoms with Crippen molar-refractivity contribution >= 4 is 87.9 Å². The number of imidazole rings is 1. The van der Waals surface area contributed by atoms with Crippen LogP contribution in [0.4, 0.5) is 0 Å². The molecule has 0 unspecified atom stereocenters.